The molecule has 0 heterocycles. The molecule has 0 bridgehead atoms. The van der Waals surface area contributed by atoms with Gasteiger partial charge in [0.1, 0.15) is 6.10 Å². The number of methoxy groups -OCH3 is 1. The molecule has 0 rings (SSSR count). The van der Waals surface area contributed by atoms with Crippen LogP contribution in [0, 0.1) is 5.92 Å². The summed E-state index contributed by atoms with van der Waals surface area (Å²) in [5, 5.41) is 0. The van der Waals surface area contributed by atoms with Crippen molar-refractivity contribution in [2.45, 2.75) is 26.9 Å². The van der Waals surface area contributed by atoms with Gasteiger partial charge in [-0.3, -0.25) is 4.79 Å². The third-order valence-corrected chi connectivity index (χ3v) is 2.41. The van der Waals surface area contributed by atoms with Gasteiger partial charge in [-0.15, -0.1) is 0 Å². The highest BCUT2D eigenvalue weighted by atomic mass is 127. The van der Waals surface area contributed by atoms with E-state index in [1.807, 2.05) is 36.4 Å². The summed E-state index contributed by atoms with van der Waals surface area (Å²) in [7, 11) is 1.30. The van der Waals surface area contributed by atoms with Crippen molar-refractivity contribution in [3.63, 3.8) is 0 Å². The molecule has 0 aromatic rings. The number of rotatable bonds is 4. The van der Waals surface area contributed by atoms with E-state index >= 15 is 0 Å². The number of halogens is 1. The molecule has 15 heavy (non-hydrogen) atoms. The van der Waals surface area contributed by atoms with Gasteiger partial charge in [-0.25, -0.2) is 4.79 Å². The normalized spacial score (nSPS) is 13.6. The summed E-state index contributed by atoms with van der Waals surface area (Å²) in [5.74, 6) is -0.855. The SMILES string of the molecule is COC(=O)/C(=C/I)C(OC(C)=O)C(C)C. The van der Waals surface area contributed by atoms with Crippen molar-refractivity contribution in [2.75, 3.05) is 7.11 Å². The van der Waals surface area contributed by atoms with Gasteiger partial charge < -0.3 is 9.47 Å². The van der Waals surface area contributed by atoms with Crippen molar-refractivity contribution in [2.24, 2.45) is 5.92 Å². The van der Waals surface area contributed by atoms with Gasteiger partial charge in [0.25, 0.3) is 0 Å². The van der Waals surface area contributed by atoms with Crippen LogP contribution in [0.1, 0.15) is 20.8 Å². The molecule has 0 fully saturated rings. The molecule has 0 aromatic carbocycles. The minimum absolute atomic E-state index is 0.0222. The summed E-state index contributed by atoms with van der Waals surface area (Å²) < 4.78 is 11.3. The molecule has 0 aliphatic rings. The fourth-order valence-corrected chi connectivity index (χ4v) is 1.69. The molecule has 0 radical (unpaired) electrons. The van der Waals surface area contributed by atoms with Crippen LogP contribution < -0.4 is 0 Å². The van der Waals surface area contributed by atoms with E-state index in [9.17, 15) is 9.59 Å². The largest absolute Gasteiger partial charge is 0.466 e. The van der Waals surface area contributed by atoms with Crippen LogP contribution in [0.2, 0.25) is 0 Å². The minimum atomic E-state index is -0.549. The Bertz CT molecular complexity index is 271. The van der Waals surface area contributed by atoms with Gasteiger partial charge in [-0.1, -0.05) is 36.4 Å². The van der Waals surface area contributed by atoms with Gasteiger partial charge in [0.15, 0.2) is 0 Å². The number of carbonyl (C=O) groups excluding carboxylic acids is 2. The number of esters is 2. The summed E-state index contributed by atoms with van der Waals surface area (Å²) in [6.07, 6.45) is -0.549. The minimum Gasteiger partial charge on any atom is -0.466 e. The van der Waals surface area contributed by atoms with Gasteiger partial charge >= 0.3 is 11.9 Å². The molecule has 0 aliphatic carbocycles. The van der Waals surface area contributed by atoms with E-state index in [1.165, 1.54) is 14.0 Å². The van der Waals surface area contributed by atoms with E-state index in [-0.39, 0.29) is 5.92 Å². The lowest BCUT2D eigenvalue weighted by molar-refractivity contribution is -0.148. The molecular weight excluding hydrogens is 311 g/mol. The maximum absolute atomic E-state index is 11.4. The monoisotopic (exact) mass is 326 g/mol. The lowest BCUT2D eigenvalue weighted by atomic mass is 10.0. The van der Waals surface area contributed by atoms with Crippen molar-refractivity contribution in [3.8, 4) is 0 Å². The van der Waals surface area contributed by atoms with E-state index in [0.717, 1.165) is 0 Å². The highest BCUT2D eigenvalue weighted by Gasteiger charge is 2.26. The predicted molar refractivity (Wildman–Crippen MR) is 64.5 cm³/mol. The summed E-state index contributed by atoms with van der Waals surface area (Å²) in [6, 6.07) is 0. The molecule has 0 saturated heterocycles. The molecule has 0 aromatic heterocycles. The average molecular weight is 326 g/mol. The molecule has 1 atom stereocenters. The van der Waals surface area contributed by atoms with Crippen LogP contribution >= 0.6 is 22.6 Å². The van der Waals surface area contributed by atoms with Crippen LogP contribution in [0.15, 0.2) is 9.66 Å². The Morgan fingerprint density at radius 3 is 2.13 bits per heavy atom. The van der Waals surface area contributed by atoms with Crippen molar-refractivity contribution in [1.82, 2.24) is 0 Å². The van der Waals surface area contributed by atoms with Crippen molar-refractivity contribution in [1.29, 1.82) is 0 Å². The average Bonchev–Trinajstić information content (AvgIpc) is 2.16. The molecule has 0 spiro atoms. The van der Waals surface area contributed by atoms with E-state index in [0.29, 0.717) is 5.57 Å². The summed E-state index contributed by atoms with van der Waals surface area (Å²) in [6.45, 7) is 5.06. The topological polar surface area (TPSA) is 52.6 Å². The van der Waals surface area contributed by atoms with Crippen LogP contribution in [0.3, 0.4) is 0 Å². The number of ether oxygens (including phenoxy) is 2. The second-order valence-electron chi connectivity index (χ2n) is 3.33. The van der Waals surface area contributed by atoms with E-state index in [1.54, 1.807) is 4.08 Å². The standard InChI is InChI=1S/C10H15IO4/c1-6(2)9(15-7(3)12)8(5-11)10(13)14-4/h5-6,9H,1-4H3/b8-5+. The molecule has 1 unspecified atom stereocenters. The van der Waals surface area contributed by atoms with Crippen LogP contribution in [0.5, 0.6) is 0 Å². The Morgan fingerprint density at radius 2 is 1.87 bits per heavy atom. The molecule has 86 valence electrons. The molecule has 0 N–H and O–H groups in total. The Hall–Kier alpha value is -0.590. The molecule has 0 saturated carbocycles. The third-order valence-electron chi connectivity index (χ3n) is 1.74. The fourth-order valence-electron chi connectivity index (χ4n) is 1.08. The highest BCUT2D eigenvalue weighted by Crippen LogP contribution is 2.19. The van der Waals surface area contributed by atoms with Crippen molar-refractivity contribution >= 4 is 34.5 Å². The maximum Gasteiger partial charge on any atom is 0.337 e. The first-order valence-corrected chi connectivity index (χ1v) is 5.74. The van der Waals surface area contributed by atoms with E-state index < -0.39 is 18.0 Å². The second-order valence-corrected chi connectivity index (χ2v) is 3.95. The molecule has 0 amide bonds. The molecule has 0 aliphatic heterocycles. The van der Waals surface area contributed by atoms with E-state index in [2.05, 4.69) is 4.74 Å². The zero-order chi connectivity index (χ0) is 12.0. The highest BCUT2D eigenvalue weighted by molar-refractivity contribution is 14.1. The van der Waals surface area contributed by atoms with Crippen LogP contribution in [-0.2, 0) is 19.1 Å². The number of hydrogen-bond donors (Lipinski definition) is 0. The van der Waals surface area contributed by atoms with Gasteiger partial charge in [-0.2, -0.15) is 0 Å². The second kappa shape index (κ2) is 6.81. The van der Waals surface area contributed by atoms with E-state index in [4.69, 9.17) is 4.74 Å². The Kier molecular flexibility index (Phi) is 6.55. The predicted octanol–water partition coefficient (Wildman–Crippen LogP) is 2.07. The maximum atomic E-state index is 11.4. The number of hydrogen-bond acceptors (Lipinski definition) is 4. The Morgan fingerprint density at radius 1 is 1.33 bits per heavy atom. The van der Waals surface area contributed by atoms with Crippen LogP contribution in [-0.4, -0.2) is 25.2 Å². The van der Waals surface area contributed by atoms with Gasteiger partial charge in [-0.05, 0) is 10.0 Å². The molecule has 4 nitrogen and oxygen atoms in total. The number of carbonyl (C=O) groups is 2. The first kappa shape index (κ1) is 14.4. The molecule has 5 heteroatoms. The van der Waals surface area contributed by atoms with Crippen LogP contribution in [0.25, 0.3) is 0 Å². The van der Waals surface area contributed by atoms with Gasteiger partial charge in [0.05, 0.1) is 12.7 Å². The van der Waals surface area contributed by atoms with Crippen LogP contribution in [0.4, 0.5) is 0 Å². The summed E-state index contributed by atoms with van der Waals surface area (Å²) >= 11 is 1.93. The summed E-state index contributed by atoms with van der Waals surface area (Å²) in [4.78, 5) is 22.3. The fraction of sp³-hybridized carbons (Fsp3) is 0.600. The van der Waals surface area contributed by atoms with Gasteiger partial charge in [0.2, 0.25) is 0 Å². The van der Waals surface area contributed by atoms with Gasteiger partial charge in [0, 0.05) is 6.92 Å². The lowest BCUT2D eigenvalue weighted by Gasteiger charge is -2.21. The first-order chi connectivity index (χ1) is 6.93. The zero-order valence-electron chi connectivity index (χ0n) is 9.24. The lowest BCUT2D eigenvalue weighted by Crippen LogP contribution is -2.29. The van der Waals surface area contributed by atoms with Crippen molar-refractivity contribution < 1.29 is 19.1 Å². The Balaban J connectivity index is 4.88. The Labute approximate surface area is 103 Å². The zero-order valence-corrected chi connectivity index (χ0v) is 11.4. The first-order valence-electron chi connectivity index (χ1n) is 4.49. The quantitative estimate of drug-likeness (QED) is 0.451. The third kappa shape index (κ3) is 4.63. The van der Waals surface area contributed by atoms with Crippen molar-refractivity contribution in [3.05, 3.63) is 9.66 Å². The smallest absolute Gasteiger partial charge is 0.337 e. The summed E-state index contributed by atoms with van der Waals surface area (Å²) in [5.41, 5.74) is 0.364. The molecular formula is C10H15IO4.